The van der Waals surface area contributed by atoms with E-state index in [1.807, 2.05) is 32.0 Å². The number of nitrogens with two attached hydrogens (primary N) is 1. The van der Waals surface area contributed by atoms with Gasteiger partial charge in [0.25, 0.3) is 0 Å². The van der Waals surface area contributed by atoms with E-state index in [0.717, 1.165) is 16.8 Å². The quantitative estimate of drug-likeness (QED) is 0.650. The number of rotatable bonds is 10. The average Bonchev–Trinajstić information content (AvgIpc) is 2.49. The third-order valence-electron chi connectivity index (χ3n) is 3.60. The zero-order valence-electron chi connectivity index (χ0n) is 14.7. The maximum absolute atomic E-state index is 12.2. The van der Waals surface area contributed by atoms with Crippen molar-refractivity contribution in [1.29, 1.82) is 0 Å². The largest absolute Gasteiger partial charge is 0.379 e. The first-order valence-corrected chi connectivity index (χ1v) is 8.26. The van der Waals surface area contributed by atoms with Crippen molar-refractivity contribution in [2.75, 3.05) is 25.1 Å². The zero-order valence-corrected chi connectivity index (χ0v) is 14.7. The molecule has 23 heavy (non-hydrogen) atoms. The number of nitrogens with one attached hydrogen (secondary N) is 1. The van der Waals surface area contributed by atoms with Gasteiger partial charge in [-0.05, 0) is 43.4 Å². The summed E-state index contributed by atoms with van der Waals surface area (Å²) in [6, 6.07) is 5.32. The van der Waals surface area contributed by atoms with Crippen LogP contribution in [0.4, 0.5) is 5.69 Å². The summed E-state index contributed by atoms with van der Waals surface area (Å²) in [5.74, 6) is 0.248. The van der Waals surface area contributed by atoms with Gasteiger partial charge in [-0.3, -0.25) is 4.79 Å². The van der Waals surface area contributed by atoms with Gasteiger partial charge >= 0.3 is 0 Å². The minimum atomic E-state index is -0.486. The maximum Gasteiger partial charge on any atom is 0.241 e. The minimum absolute atomic E-state index is 0.142. The van der Waals surface area contributed by atoms with Crippen LogP contribution in [0.25, 0.3) is 0 Å². The third kappa shape index (κ3) is 7.12. The Morgan fingerprint density at radius 3 is 2.61 bits per heavy atom. The Labute approximate surface area is 139 Å². The number of hydrogen-bond donors (Lipinski definition) is 2. The van der Waals surface area contributed by atoms with E-state index < -0.39 is 6.04 Å². The minimum Gasteiger partial charge on any atom is -0.379 e. The van der Waals surface area contributed by atoms with Crippen molar-refractivity contribution in [2.45, 2.75) is 46.8 Å². The number of carbonyl (C=O) groups excluding carboxylic acids is 1. The normalized spacial score (nSPS) is 12.4. The highest BCUT2D eigenvalue weighted by Crippen LogP contribution is 2.20. The molecule has 0 aromatic heterocycles. The van der Waals surface area contributed by atoms with Crippen LogP contribution in [-0.4, -0.2) is 31.8 Å². The van der Waals surface area contributed by atoms with Crippen LogP contribution in [0.2, 0.25) is 0 Å². The van der Waals surface area contributed by atoms with E-state index in [2.05, 4.69) is 19.2 Å². The molecule has 130 valence electrons. The molecular formula is C18H30N2O3. The summed E-state index contributed by atoms with van der Waals surface area (Å²) in [5.41, 5.74) is 8.78. The topological polar surface area (TPSA) is 73.6 Å². The molecule has 0 aliphatic heterocycles. The standard InChI is InChI=1S/C18H30N2O3/c1-5-22-9-10-23-12-15-7-6-8-17(14(15)4)20-18(21)16(19)11-13(2)3/h6-8,13,16H,5,9-12,19H2,1-4H3,(H,20,21)/t16-/m0/s1. The maximum atomic E-state index is 12.2. The number of ether oxygens (including phenoxy) is 2. The van der Waals surface area contributed by atoms with Gasteiger partial charge in [-0.15, -0.1) is 0 Å². The Morgan fingerprint density at radius 1 is 1.26 bits per heavy atom. The second-order valence-corrected chi connectivity index (χ2v) is 6.06. The van der Waals surface area contributed by atoms with E-state index in [-0.39, 0.29) is 5.91 Å². The Hall–Kier alpha value is -1.43. The highest BCUT2D eigenvalue weighted by atomic mass is 16.5. The molecule has 0 unspecified atom stereocenters. The first-order valence-electron chi connectivity index (χ1n) is 8.26. The smallest absolute Gasteiger partial charge is 0.241 e. The Morgan fingerprint density at radius 2 is 1.96 bits per heavy atom. The van der Waals surface area contributed by atoms with Crippen LogP contribution in [0.5, 0.6) is 0 Å². The fraction of sp³-hybridized carbons (Fsp3) is 0.611. The molecule has 1 amide bonds. The van der Waals surface area contributed by atoms with Gasteiger partial charge < -0.3 is 20.5 Å². The molecule has 0 aliphatic carbocycles. The lowest BCUT2D eigenvalue weighted by atomic mass is 10.0. The highest BCUT2D eigenvalue weighted by Gasteiger charge is 2.16. The van der Waals surface area contributed by atoms with Crippen molar-refractivity contribution in [3.8, 4) is 0 Å². The molecule has 1 aromatic carbocycles. The van der Waals surface area contributed by atoms with Gasteiger partial charge in [0.05, 0.1) is 25.9 Å². The first-order chi connectivity index (χ1) is 11.0. The van der Waals surface area contributed by atoms with Crippen molar-refractivity contribution in [2.24, 2.45) is 11.7 Å². The molecule has 0 heterocycles. The van der Waals surface area contributed by atoms with Crippen molar-refractivity contribution in [1.82, 2.24) is 0 Å². The fourth-order valence-electron chi connectivity index (χ4n) is 2.26. The third-order valence-corrected chi connectivity index (χ3v) is 3.60. The van der Waals surface area contributed by atoms with E-state index in [4.69, 9.17) is 15.2 Å². The predicted molar refractivity (Wildman–Crippen MR) is 93.4 cm³/mol. The van der Waals surface area contributed by atoms with Gasteiger partial charge in [-0.25, -0.2) is 0 Å². The lowest BCUT2D eigenvalue weighted by Gasteiger charge is -2.17. The summed E-state index contributed by atoms with van der Waals surface area (Å²) in [7, 11) is 0. The molecular weight excluding hydrogens is 292 g/mol. The summed E-state index contributed by atoms with van der Waals surface area (Å²) >= 11 is 0. The molecule has 0 radical (unpaired) electrons. The second-order valence-electron chi connectivity index (χ2n) is 6.06. The van der Waals surface area contributed by atoms with Crippen molar-refractivity contribution < 1.29 is 14.3 Å². The van der Waals surface area contributed by atoms with Crippen LogP contribution >= 0.6 is 0 Å². The van der Waals surface area contributed by atoms with Gasteiger partial charge in [0.15, 0.2) is 0 Å². The average molecular weight is 322 g/mol. The number of amides is 1. The van der Waals surface area contributed by atoms with E-state index in [9.17, 15) is 4.79 Å². The van der Waals surface area contributed by atoms with Crippen molar-refractivity contribution >= 4 is 11.6 Å². The van der Waals surface area contributed by atoms with E-state index >= 15 is 0 Å². The van der Waals surface area contributed by atoms with Crippen molar-refractivity contribution in [3.05, 3.63) is 29.3 Å². The summed E-state index contributed by atoms with van der Waals surface area (Å²) in [6.07, 6.45) is 0.672. The lowest BCUT2D eigenvalue weighted by molar-refractivity contribution is -0.117. The molecule has 0 aliphatic rings. The molecule has 5 nitrogen and oxygen atoms in total. The number of anilines is 1. The molecule has 0 saturated carbocycles. The van der Waals surface area contributed by atoms with E-state index in [1.165, 1.54) is 0 Å². The molecule has 1 atom stereocenters. The highest BCUT2D eigenvalue weighted by molar-refractivity contribution is 5.95. The summed E-state index contributed by atoms with van der Waals surface area (Å²) < 4.78 is 10.8. The predicted octanol–water partition coefficient (Wildman–Crippen LogP) is 2.86. The van der Waals surface area contributed by atoms with Crippen LogP contribution in [0, 0.1) is 12.8 Å². The molecule has 1 aromatic rings. The Kier molecular flexibility index (Phi) is 8.84. The molecule has 0 saturated heterocycles. The molecule has 0 fully saturated rings. The number of hydrogen-bond acceptors (Lipinski definition) is 4. The van der Waals surface area contributed by atoms with Crippen LogP contribution in [0.15, 0.2) is 18.2 Å². The van der Waals surface area contributed by atoms with Gasteiger partial charge in [0.1, 0.15) is 0 Å². The molecule has 0 bridgehead atoms. The van der Waals surface area contributed by atoms with Crippen LogP contribution in [0.3, 0.4) is 0 Å². The molecule has 1 rings (SSSR count). The zero-order chi connectivity index (χ0) is 17.2. The summed E-state index contributed by atoms with van der Waals surface area (Å²) in [6.45, 7) is 10.4. The Bertz CT molecular complexity index is 489. The Balaban J connectivity index is 2.60. The summed E-state index contributed by atoms with van der Waals surface area (Å²) in [4.78, 5) is 12.2. The lowest BCUT2D eigenvalue weighted by Crippen LogP contribution is -2.36. The van der Waals surface area contributed by atoms with Gasteiger partial charge in [-0.1, -0.05) is 26.0 Å². The number of carbonyl (C=O) groups is 1. The fourth-order valence-corrected chi connectivity index (χ4v) is 2.26. The van der Waals surface area contributed by atoms with Crippen molar-refractivity contribution in [3.63, 3.8) is 0 Å². The van der Waals surface area contributed by atoms with Crippen LogP contribution < -0.4 is 11.1 Å². The first kappa shape index (κ1) is 19.6. The SMILES string of the molecule is CCOCCOCc1cccc(NC(=O)[C@@H](N)CC(C)C)c1C. The van der Waals surface area contributed by atoms with Crippen LogP contribution in [0.1, 0.15) is 38.3 Å². The monoisotopic (exact) mass is 322 g/mol. The van der Waals surface area contributed by atoms with Gasteiger partial charge in [-0.2, -0.15) is 0 Å². The van der Waals surface area contributed by atoms with E-state index in [0.29, 0.717) is 38.8 Å². The van der Waals surface area contributed by atoms with E-state index in [1.54, 1.807) is 0 Å². The molecule has 3 N–H and O–H groups in total. The molecule has 5 heteroatoms. The van der Waals surface area contributed by atoms with Gasteiger partial charge in [0.2, 0.25) is 5.91 Å². The molecule has 0 spiro atoms. The second kappa shape index (κ2) is 10.4. The number of benzene rings is 1. The van der Waals surface area contributed by atoms with Gasteiger partial charge in [0, 0.05) is 12.3 Å². The van der Waals surface area contributed by atoms with Crippen LogP contribution in [-0.2, 0) is 20.9 Å². The summed E-state index contributed by atoms with van der Waals surface area (Å²) in [5, 5.41) is 2.92.